The molecule has 154 valence electrons. The number of nitriles is 1. The monoisotopic (exact) mass is 417 g/mol. The van der Waals surface area contributed by atoms with Gasteiger partial charge in [0.15, 0.2) is 4.91 Å². The first-order chi connectivity index (χ1) is 13.9. The number of hydrogen-bond donors (Lipinski definition) is 3. The predicted octanol–water partition coefficient (Wildman–Crippen LogP) is 0.813. The van der Waals surface area contributed by atoms with Gasteiger partial charge < -0.3 is 19.8 Å². The van der Waals surface area contributed by atoms with Gasteiger partial charge in [0.1, 0.15) is 6.07 Å². The number of ether oxygens (including phenoxy) is 1. The molecule has 0 aromatic heterocycles. The van der Waals surface area contributed by atoms with E-state index in [0.29, 0.717) is 18.8 Å². The van der Waals surface area contributed by atoms with Crippen LogP contribution in [0.3, 0.4) is 0 Å². The molecule has 2 aromatic carbocycles. The normalized spacial score (nSPS) is 16.6. The van der Waals surface area contributed by atoms with Crippen molar-refractivity contribution in [3.8, 4) is 6.07 Å². The highest BCUT2D eigenvalue weighted by molar-refractivity contribution is 7.93. The van der Waals surface area contributed by atoms with Crippen LogP contribution in [0.25, 0.3) is 16.8 Å². The lowest BCUT2D eigenvalue weighted by Crippen LogP contribution is -2.36. The summed E-state index contributed by atoms with van der Waals surface area (Å²) in [6.07, 6.45) is 0.0502. The third-order valence-electron chi connectivity index (χ3n) is 4.64. The Bertz CT molecular complexity index is 1040. The van der Waals surface area contributed by atoms with Gasteiger partial charge in [-0.05, 0) is 40.6 Å². The zero-order valence-corrected chi connectivity index (χ0v) is 16.6. The fraction of sp³-hybridized carbons (Fsp3) is 0.350. The highest BCUT2D eigenvalue weighted by Gasteiger charge is 2.19. The molecule has 1 aliphatic rings. The van der Waals surface area contributed by atoms with Crippen molar-refractivity contribution in [1.29, 1.82) is 5.26 Å². The van der Waals surface area contributed by atoms with Crippen molar-refractivity contribution >= 4 is 32.6 Å². The largest absolute Gasteiger partial charge is 0.394 e. The SMILES string of the molecule is N#CC(=Cc1ccc2cc(N3CCOCC3)ccc2c1)S(=O)(=O)NCC(O)CO. The Balaban J connectivity index is 1.84. The van der Waals surface area contributed by atoms with Crippen molar-refractivity contribution in [3.05, 3.63) is 46.9 Å². The third-order valence-corrected chi connectivity index (χ3v) is 5.98. The Morgan fingerprint density at radius 1 is 1.24 bits per heavy atom. The quantitative estimate of drug-likeness (QED) is 0.570. The molecule has 0 spiro atoms. The molecule has 0 saturated carbocycles. The second-order valence-corrected chi connectivity index (χ2v) is 8.43. The summed E-state index contributed by atoms with van der Waals surface area (Å²) in [5.41, 5.74) is 1.68. The van der Waals surface area contributed by atoms with Crippen LogP contribution in [0.15, 0.2) is 41.3 Å². The summed E-state index contributed by atoms with van der Waals surface area (Å²) in [7, 11) is -4.09. The van der Waals surface area contributed by atoms with Gasteiger partial charge in [-0.3, -0.25) is 0 Å². The van der Waals surface area contributed by atoms with E-state index in [-0.39, 0.29) is 6.54 Å². The van der Waals surface area contributed by atoms with Crippen molar-refractivity contribution in [2.24, 2.45) is 0 Å². The fourth-order valence-electron chi connectivity index (χ4n) is 3.03. The molecule has 8 nitrogen and oxygen atoms in total. The molecule has 0 radical (unpaired) electrons. The Kier molecular flexibility index (Phi) is 6.84. The summed E-state index contributed by atoms with van der Waals surface area (Å²) in [4.78, 5) is 1.79. The van der Waals surface area contributed by atoms with E-state index in [0.717, 1.165) is 29.5 Å². The van der Waals surface area contributed by atoms with Gasteiger partial charge in [0, 0.05) is 25.3 Å². The lowest BCUT2D eigenvalue weighted by atomic mass is 10.1. The van der Waals surface area contributed by atoms with E-state index in [2.05, 4.69) is 15.7 Å². The first-order valence-corrected chi connectivity index (χ1v) is 10.7. The van der Waals surface area contributed by atoms with Gasteiger partial charge in [-0.2, -0.15) is 5.26 Å². The molecule has 2 aromatic rings. The van der Waals surface area contributed by atoms with Crippen molar-refractivity contribution in [2.75, 3.05) is 44.4 Å². The first kappa shape index (κ1) is 21.2. The summed E-state index contributed by atoms with van der Waals surface area (Å²) >= 11 is 0. The first-order valence-electron chi connectivity index (χ1n) is 9.20. The molecule has 1 heterocycles. The van der Waals surface area contributed by atoms with E-state index in [1.165, 1.54) is 6.08 Å². The zero-order valence-electron chi connectivity index (χ0n) is 15.8. The van der Waals surface area contributed by atoms with E-state index in [9.17, 15) is 18.8 Å². The van der Waals surface area contributed by atoms with Crippen LogP contribution < -0.4 is 9.62 Å². The van der Waals surface area contributed by atoms with Gasteiger partial charge in [0.25, 0.3) is 10.0 Å². The minimum Gasteiger partial charge on any atom is -0.394 e. The maximum Gasteiger partial charge on any atom is 0.250 e. The van der Waals surface area contributed by atoms with Crippen molar-refractivity contribution in [2.45, 2.75) is 6.10 Å². The minimum absolute atomic E-state index is 0.375. The highest BCUT2D eigenvalue weighted by atomic mass is 32.2. The topological polar surface area (TPSA) is 123 Å². The number of nitrogens with zero attached hydrogens (tertiary/aromatic N) is 2. The van der Waals surface area contributed by atoms with Crippen molar-refractivity contribution in [1.82, 2.24) is 4.72 Å². The molecule has 1 fully saturated rings. The lowest BCUT2D eigenvalue weighted by molar-refractivity contribution is 0.0989. The van der Waals surface area contributed by atoms with E-state index in [1.807, 2.05) is 24.3 Å². The van der Waals surface area contributed by atoms with E-state index in [1.54, 1.807) is 12.1 Å². The van der Waals surface area contributed by atoms with E-state index >= 15 is 0 Å². The van der Waals surface area contributed by atoms with Crippen LogP contribution in [0.5, 0.6) is 0 Å². The standard InChI is InChI=1S/C20H23N3O5S/c21-12-20(29(26,27)22-13-19(25)14-24)10-15-1-2-17-11-18(4-3-16(17)9-15)23-5-7-28-8-6-23/h1-4,9-11,19,22,24-25H,5-8,13-14H2. The smallest absolute Gasteiger partial charge is 0.250 e. The number of morpholine rings is 1. The van der Waals surface area contributed by atoms with Crippen LogP contribution in [-0.4, -0.2) is 64.2 Å². The van der Waals surface area contributed by atoms with Gasteiger partial charge in [-0.15, -0.1) is 0 Å². The maximum absolute atomic E-state index is 12.3. The van der Waals surface area contributed by atoms with Crippen LogP contribution in [0.1, 0.15) is 5.56 Å². The second-order valence-electron chi connectivity index (χ2n) is 6.70. The number of anilines is 1. The molecule has 3 N–H and O–H groups in total. The second kappa shape index (κ2) is 9.35. The number of sulfonamides is 1. The molecule has 1 aliphatic heterocycles. The number of aliphatic hydroxyl groups is 2. The summed E-state index contributed by atoms with van der Waals surface area (Å²) in [5.74, 6) is 0. The molecule has 0 aliphatic carbocycles. The number of benzene rings is 2. The number of fused-ring (bicyclic) bond motifs is 1. The lowest BCUT2D eigenvalue weighted by Gasteiger charge is -2.29. The van der Waals surface area contributed by atoms with Gasteiger partial charge in [0.05, 0.1) is 25.9 Å². The molecular weight excluding hydrogens is 394 g/mol. The van der Waals surface area contributed by atoms with Gasteiger partial charge in [0.2, 0.25) is 0 Å². The predicted molar refractivity (Wildman–Crippen MR) is 111 cm³/mol. The molecule has 0 bridgehead atoms. The zero-order chi connectivity index (χ0) is 20.9. The summed E-state index contributed by atoms with van der Waals surface area (Å²) in [6, 6.07) is 13.2. The number of nitrogens with one attached hydrogen (secondary N) is 1. The highest BCUT2D eigenvalue weighted by Crippen LogP contribution is 2.25. The van der Waals surface area contributed by atoms with Gasteiger partial charge >= 0.3 is 0 Å². The summed E-state index contributed by atoms with van der Waals surface area (Å²) < 4.78 is 32.0. The van der Waals surface area contributed by atoms with Gasteiger partial charge in [-0.1, -0.05) is 18.2 Å². The minimum atomic E-state index is -4.09. The molecule has 9 heteroatoms. The Hall–Kier alpha value is -2.48. The van der Waals surface area contributed by atoms with Crippen LogP contribution in [0.4, 0.5) is 5.69 Å². The van der Waals surface area contributed by atoms with Crippen molar-refractivity contribution in [3.63, 3.8) is 0 Å². The molecule has 1 saturated heterocycles. The Labute approximate surface area is 169 Å². The average Bonchev–Trinajstić information content (AvgIpc) is 2.75. The molecule has 1 atom stereocenters. The Morgan fingerprint density at radius 2 is 1.93 bits per heavy atom. The van der Waals surface area contributed by atoms with E-state index < -0.39 is 27.6 Å². The molecule has 1 unspecified atom stereocenters. The third kappa shape index (κ3) is 5.32. The van der Waals surface area contributed by atoms with E-state index in [4.69, 9.17) is 9.84 Å². The van der Waals surface area contributed by atoms with Crippen LogP contribution in [0, 0.1) is 11.3 Å². The van der Waals surface area contributed by atoms with Crippen LogP contribution in [0.2, 0.25) is 0 Å². The van der Waals surface area contributed by atoms with Crippen LogP contribution >= 0.6 is 0 Å². The molecule has 3 rings (SSSR count). The number of aliphatic hydroxyl groups excluding tert-OH is 2. The van der Waals surface area contributed by atoms with Crippen molar-refractivity contribution < 1.29 is 23.4 Å². The molecule has 0 amide bonds. The number of hydrogen-bond acceptors (Lipinski definition) is 7. The molecule has 29 heavy (non-hydrogen) atoms. The van der Waals surface area contributed by atoms with Gasteiger partial charge in [-0.25, -0.2) is 13.1 Å². The van der Waals surface area contributed by atoms with Crippen LogP contribution in [-0.2, 0) is 14.8 Å². The molecular formula is C20H23N3O5S. The number of allylic oxidation sites excluding steroid dienone is 1. The summed E-state index contributed by atoms with van der Waals surface area (Å²) in [5, 5.41) is 29.3. The Morgan fingerprint density at radius 3 is 2.62 bits per heavy atom. The average molecular weight is 417 g/mol. The maximum atomic E-state index is 12.3. The fourth-order valence-corrected chi connectivity index (χ4v) is 4.01. The summed E-state index contributed by atoms with van der Waals surface area (Å²) in [6.45, 7) is 2.14. The number of rotatable bonds is 7.